The van der Waals surface area contributed by atoms with E-state index in [0.717, 1.165) is 12.8 Å². The van der Waals surface area contributed by atoms with Gasteiger partial charge in [0.15, 0.2) is 0 Å². The molecule has 0 aromatic rings. The summed E-state index contributed by atoms with van der Waals surface area (Å²) in [6, 6.07) is 0. The zero-order valence-corrected chi connectivity index (χ0v) is 8.34. The second-order valence-electron chi connectivity index (χ2n) is 2.93. The topological polar surface area (TPSA) is 26.3 Å². The normalized spacial score (nSPS) is 9.00. The van der Waals surface area contributed by atoms with Crippen molar-refractivity contribution in [3.05, 3.63) is 18.4 Å². The number of esters is 1. The van der Waals surface area contributed by atoms with E-state index in [0.29, 0.717) is 6.61 Å². The lowest BCUT2D eigenvalue weighted by molar-refractivity contribution is -0.137. The highest BCUT2D eigenvalue weighted by Crippen LogP contribution is 2.02. The molecule has 0 saturated carbocycles. The standard InChI is InChI=1S/C11H18O2/c1-3-5-6-7-8-10-13-11(12)9-4-2/h9H,2-3,5-8,10H2,1H3. The van der Waals surface area contributed by atoms with Gasteiger partial charge in [0.05, 0.1) is 12.7 Å². The average molecular weight is 182 g/mol. The van der Waals surface area contributed by atoms with Gasteiger partial charge in [0.2, 0.25) is 0 Å². The van der Waals surface area contributed by atoms with Crippen LogP contribution in [-0.2, 0) is 9.53 Å². The summed E-state index contributed by atoms with van der Waals surface area (Å²) in [4.78, 5) is 10.8. The molecule has 0 aliphatic carbocycles. The third-order valence-corrected chi connectivity index (χ3v) is 1.71. The van der Waals surface area contributed by atoms with Crippen LogP contribution in [0.4, 0.5) is 0 Å². The van der Waals surface area contributed by atoms with E-state index < -0.39 is 0 Å². The monoisotopic (exact) mass is 182 g/mol. The van der Waals surface area contributed by atoms with Gasteiger partial charge >= 0.3 is 5.97 Å². The smallest absolute Gasteiger partial charge is 0.338 e. The number of hydrogen-bond acceptors (Lipinski definition) is 2. The number of ether oxygens (including phenoxy) is 1. The Labute approximate surface area is 80.3 Å². The summed E-state index contributed by atoms with van der Waals surface area (Å²) in [5.41, 5.74) is 2.38. The molecule has 0 aliphatic heterocycles. The highest BCUT2D eigenvalue weighted by molar-refractivity contribution is 5.81. The maximum absolute atomic E-state index is 10.8. The first-order valence-electron chi connectivity index (χ1n) is 4.83. The maximum Gasteiger partial charge on any atom is 0.338 e. The van der Waals surface area contributed by atoms with Gasteiger partial charge in [0.25, 0.3) is 0 Å². The number of unbranched alkanes of at least 4 members (excludes halogenated alkanes) is 4. The zero-order chi connectivity index (χ0) is 9.94. The lowest BCUT2D eigenvalue weighted by Gasteiger charge is -2.00. The molecule has 0 fully saturated rings. The molecule has 0 bridgehead atoms. The predicted molar refractivity (Wildman–Crippen MR) is 53.4 cm³/mol. The molecule has 0 saturated heterocycles. The molecule has 0 heterocycles. The molecule has 0 radical (unpaired) electrons. The molecule has 0 atom stereocenters. The van der Waals surface area contributed by atoms with Crippen molar-refractivity contribution in [3.63, 3.8) is 0 Å². The van der Waals surface area contributed by atoms with E-state index in [2.05, 4.69) is 19.2 Å². The maximum atomic E-state index is 10.8. The molecule has 2 heteroatoms. The fourth-order valence-electron chi connectivity index (χ4n) is 1.00. The first kappa shape index (κ1) is 12.0. The van der Waals surface area contributed by atoms with Crippen molar-refractivity contribution in [3.8, 4) is 0 Å². The van der Waals surface area contributed by atoms with Gasteiger partial charge in [-0.3, -0.25) is 0 Å². The molecular formula is C11H18O2. The fourth-order valence-corrected chi connectivity index (χ4v) is 1.00. The Hall–Kier alpha value is -1.01. The van der Waals surface area contributed by atoms with Gasteiger partial charge < -0.3 is 4.74 Å². The van der Waals surface area contributed by atoms with Crippen LogP contribution < -0.4 is 0 Å². The molecule has 13 heavy (non-hydrogen) atoms. The van der Waals surface area contributed by atoms with E-state index in [1.165, 1.54) is 25.3 Å². The highest BCUT2D eigenvalue weighted by Gasteiger charge is 1.95. The van der Waals surface area contributed by atoms with Gasteiger partial charge in [-0.25, -0.2) is 4.79 Å². The summed E-state index contributed by atoms with van der Waals surface area (Å²) in [5.74, 6) is -0.342. The van der Waals surface area contributed by atoms with Gasteiger partial charge in [-0.05, 0) is 6.42 Å². The molecule has 0 aromatic heterocycles. The van der Waals surface area contributed by atoms with Gasteiger partial charge in [-0.15, -0.1) is 5.73 Å². The number of hydrogen-bond donors (Lipinski definition) is 0. The Morgan fingerprint density at radius 2 is 2.08 bits per heavy atom. The molecule has 0 unspecified atom stereocenters. The molecule has 0 N–H and O–H groups in total. The van der Waals surface area contributed by atoms with E-state index in [1.807, 2.05) is 0 Å². The van der Waals surface area contributed by atoms with Gasteiger partial charge in [0.1, 0.15) is 0 Å². The molecule has 0 aromatic carbocycles. The minimum atomic E-state index is -0.342. The first-order valence-corrected chi connectivity index (χ1v) is 4.83. The van der Waals surface area contributed by atoms with E-state index in [-0.39, 0.29) is 5.97 Å². The summed E-state index contributed by atoms with van der Waals surface area (Å²) in [6.07, 6.45) is 7.03. The largest absolute Gasteiger partial charge is 0.462 e. The Morgan fingerprint density at radius 1 is 1.38 bits per heavy atom. The molecular weight excluding hydrogens is 164 g/mol. The van der Waals surface area contributed by atoms with Crippen molar-refractivity contribution in [2.45, 2.75) is 39.0 Å². The summed E-state index contributed by atoms with van der Waals surface area (Å²) in [6.45, 7) is 5.98. The molecule has 0 spiro atoms. The van der Waals surface area contributed by atoms with Crippen molar-refractivity contribution >= 4 is 5.97 Å². The van der Waals surface area contributed by atoms with Crippen LogP contribution in [0, 0.1) is 0 Å². The van der Waals surface area contributed by atoms with Crippen LogP contribution in [0.15, 0.2) is 18.4 Å². The Kier molecular flexibility index (Phi) is 8.38. The first-order chi connectivity index (χ1) is 6.31. The predicted octanol–water partition coefficient (Wildman–Crippen LogP) is 2.84. The van der Waals surface area contributed by atoms with Crippen LogP contribution in [0.25, 0.3) is 0 Å². The quantitative estimate of drug-likeness (QED) is 0.262. The summed E-state index contributed by atoms with van der Waals surface area (Å²) in [5, 5.41) is 0. The van der Waals surface area contributed by atoms with Crippen molar-refractivity contribution < 1.29 is 9.53 Å². The second kappa shape index (κ2) is 9.08. The average Bonchev–Trinajstić information content (AvgIpc) is 2.11. The molecule has 2 nitrogen and oxygen atoms in total. The molecule has 0 amide bonds. The van der Waals surface area contributed by atoms with E-state index >= 15 is 0 Å². The summed E-state index contributed by atoms with van der Waals surface area (Å²) < 4.78 is 4.87. The summed E-state index contributed by atoms with van der Waals surface area (Å²) >= 11 is 0. The third kappa shape index (κ3) is 8.90. The Morgan fingerprint density at radius 3 is 2.69 bits per heavy atom. The van der Waals surface area contributed by atoms with Crippen LogP contribution in [0.1, 0.15) is 39.0 Å². The van der Waals surface area contributed by atoms with Gasteiger partial charge in [-0.2, -0.15) is 0 Å². The van der Waals surface area contributed by atoms with Crippen LogP contribution in [0.5, 0.6) is 0 Å². The zero-order valence-electron chi connectivity index (χ0n) is 8.34. The van der Waals surface area contributed by atoms with E-state index in [9.17, 15) is 4.79 Å². The Balaban J connectivity index is 3.16. The minimum Gasteiger partial charge on any atom is -0.462 e. The van der Waals surface area contributed by atoms with E-state index in [4.69, 9.17) is 4.74 Å². The van der Waals surface area contributed by atoms with Crippen LogP contribution in [0.2, 0.25) is 0 Å². The minimum absolute atomic E-state index is 0.342. The third-order valence-electron chi connectivity index (χ3n) is 1.71. The number of carbonyl (C=O) groups is 1. The lowest BCUT2D eigenvalue weighted by Crippen LogP contribution is -2.01. The van der Waals surface area contributed by atoms with Gasteiger partial charge in [0, 0.05) is 0 Å². The second-order valence-corrected chi connectivity index (χ2v) is 2.93. The molecule has 74 valence electrons. The van der Waals surface area contributed by atoms with Crippen LogP contribution >= 0.6 is 0 Å². The fraction of sp³-hybridized carbons (Fsp3) is 0.636. The van der Waals surface area contributed by atoms with Crippen molar-refractivity contribution in [2.75, 3.05) is 6.61 Å². The van der Waals surface area contributed by atoms with E-state index in [1.54, 1.807) is 0 Å². The van der Waals surface area contributed by atoms with Crippen LogP contribution in [0.3, 0.4) is 0 Å². The molecule has 0 aliphatic rings. The van der Waals surface area contributed by atoms with Crippen molar-refractivity contribution in [2.24, 2.45) is 0 Å². The van der Waals surface area contributed by atoms with Gasteiger partial charge in [-0.1, -0.05) is 39.2 Å². The SMILES string of the molecule is C=C=CC(=O)OCCCCCCC. The lowest BCUT2D eigenvalue weighted by atomic mass is 10.2. The number of carbonyl (C=O) groups excluding carboxylic acids is 1. The van der Waals surface area contributed by atoms with Crippen molar-refractivity contribution in [1.29, 1.82) is 0 Å². The molecule has 0 rings (SSSR count). The highest BCUT2D eigenvalue weighted by atomic mass is 16.5. The summed E-state index contributed by atoms with van der Waals surface area (Å²) in [7, 11) is 0. The van der Waals surface area contributed by atoms with Crippen molar-refractivity contribution in [1.82, 2.24) is 0 Å². The number of rotatable bonds is 7. The van der Waals surface area contributed by atoms with Crippen LogP contribution in [-0.4, -0.2) is 12.6 Å². The Bertz CT molecular complexity index is 179.